The molecule has 0 saturated carbocycles. The number of Topliss-reactive ketones (excluding diaryl/α,β-unsaturated/α-hetero) is 1. The number of rotatable bonds is 9. The van der Waals surface area contributed by atoms with Crippen LogP contribution in [0.1, 0.15) is 48.7 Å². The number of ketones is 1. The van der Waals surface area contributed by atoms with Crippen molar-refractivity contribution in [2.45, 2.75) is 32.8 Å². The standard InChI is InChI=1S/C23H25NO6/c1-15(5-3-4-6-21(27)28)22(18-9-13-20(26)14-10-18)30-23(29)24-19-11-7-17(8-12-19)16(2)25/h4,6-15,22,26H,3,5H2,1-2H3,(H,24,29)(H,27,28)/b6-4+/t15-,22+/m1/s1. The summed E-state index contributed by atoms with van der Waals surface area (Å²) in [7, 11) is 0. The number of ether oxygens (including phenoxy) is 1. The van der Waals surface area contributed by atoms with Crippen molar-refractivity contribution in [3.8, 4) is 5.75 Å². The van der Waals surface area contributed by atoms with Crippen LogP contribution < -0.4 is 5.32 Å². The third kappa shape index (κ3) is 7.09. The Morgan fingerprint density at radius 3 is 2.27 bits per heavy atom. The van der Waals surface area contributed by atoms with E-state index in [1.165, 1.54) is 19.1 Å². The lowest BCUT2D eigenvalue weighted by Crippen LogP contribution is -2.22. The Balaban J connectivity index is 2.09. The molecular formula is C23H25NO6. The van der Waals surface area contributed by atoms with Gasteiger partial charge in [0.2, 0.25) is 0 Å². The van der Waals surface area contributed by atoms with Gasteiger partial charge >= 0.3 is 12.1 Å². The lowest BCUT2D eigenvalue weighted by molar-refractivity contribution is -0.131. The second-order valence-electron chi connectivity index (χ2n) is 6.97. The fourth-order valence-corrected chi connectivity index (χ4v) is 2.92. The predicted octanol–water partition coefficient (Wildman–Crippen LogP) is 4.94. The number of hydrogen-bond donors (Lipinski definition) is 3. The Hall–Kier alpha value is -3.61. The Morgan fingerprint density at radius 2 is 1.70 bits per heavy atom. The van der Waals surface area contributed by atoms with Gasteiger partial charge < -0.3 is 14.9 Å². The molecule has 0 unspecified atom stereocenters. The summed E-state index contributed by atoms with van der Waals surface area (Å²) in [5, 5.41) is 20.9. The highest BCUT2D eigenvalue weighted by Crippen LogP contribution is 2.31. The third-order valence-electron chi connectivity index (χ3n) is 4.56. The molecule has 0 aliphatic carbocycles. The fourth-order valence-electron chi connectivity index (χ4n) is 2.92. The smallest absolute Gasteiger partial charge is 0.412 e. The van der Waals surface area contributed by atoms with Crippen molar-refractivity contribution in [2.24, 2.45) is 5.92 Å². The van der Waals surface area contributed by atoms with Crippen LogP contribution in [0.5, 0.6) is 5.75 Å². The van der Waals surface area contributed by atoms with Gasteiger partial charge in [0.1, 0.15) is 11.9 Å². The zero-order chi connectivity index (χ0) is 22.1. The van der Waals surface area contributed by atoms with Gasteiger partial charge in [0.05, 0.1) is 0 Å². The molecule has 0 aliphatic rings. The number of amides is 1. The number of phenols is 1. The van der Waals surface area contributed by atoms with Gasteiger partial charge in [-0.25, -0.2) is 9.59 Å². The van der Waals surface area contributed by atoms with E-state index < -0.39 is 18.2 Å². The normalized spacial score (nSPS) is 12.9. The minimum absolute atomic E-state index is 0.0673. The number of allylic oxidation sites excluding steroid dienone is 1. The Bertz CT molecular complexity index is 902. The van der Waals surface area contributed by atoms with Gasteiger partial charge in [0.15, 0.2) is 5.78 Å². The number of carboxylic acid groups (broad SMARTS) is 1. The van der Waals surface area contributed by atoms with Gasteiger partial charge in [-0.05, 0) is 67.6 Å². The number of carbonyl (C=O) groups is 3. The van der Waals surface area contributed by atoms with Gasteiger partial charge in [-0.1, -0.05) is 25.1 Å². The van der Waals surface area contributed by atoms with E-state index in [0.717, 1.165) is 6.08 Å². The number of benzene rings is 2. The molecule has 2 aromatic carbocycles. The molecule has 30 heavy (non-hydrogen) atoms. The molecule has 0 fully saturated rings. The summed E-state index contributed by atoms with van der Waals surface area (Å²) in [5.41, 5.74) is 1.75. The molecule has 158 valence electrons. The monoisotopic (exact) mass is 411 g/mol. The summed E-state index contributed by atoms with van der Waals surface area (Å²) in [6.45, 7) is 3.37. The number of anilines is 1. The Kier molecular flexibility index (Phi) is 8.17. The highest BCUT2D eigenvalue weighted by molar-refractivity contribution is 5.95. The van der Waals surface area contributed by atoms with Crippen molar-refractivity contribution in [1.29, 1.82) is 0 Å². The first kappa shape index (κ1) is 22.7. The molecule has 0 radical (unpaired) electrons. The molecular weight excluding hydrogens is 386 g/mol. The van der Waals surface area contributed by atoms with Crippen LogP contribution in [0.15, 0.2) is 60.7 Å². The minimum atomic E-state index is -1.01. The molecule has 2 aromatic rings. The van der Waals surface area contributed by atoms with Crippen molar-refractivity contribution < 1.29 is 29.3 Å². The first-order valence-electron chi connectivity index (χ1n) is 9.53. The van der Waals surface area contributed by atoms with Gasteiger partial charge in [-0.3, -0.25) is 10.1 Å². The quantitative estimate of drug-likeness (QED) is 0.398. The van der Waals surface area contributed by atoms with Gasteiger partial charge in [-0.15, -0.1) is 0 Å². The Labute approximate surface area is 175 Å². The van der Waals surface area contributed by atoms with Gasteiger partial charge in [-0.2, -0.15) is 0 Å². The summed E-state index contributed by atoms with van der Waals surface area (Å²) >= 11 is 0. The summed E-state index contributed by atoms with van der Waals surface area (Å²) in [6, 6.07) is 12.9. The molecule has 2 atom stereocenters. The maximum absolute atomic E-state index is 12.5. The van der Waals surface area contributed by atoms with Crippen LogP contribution in [0.4, 0.5) is 10.5 Å². The zero-order valence-electron chi connectivity index (χ0n) is 16.9. The number of phenolic OH excluding ortho intramolecular Hbond substituents is 1. The van der Waals surface area contributed by atoms with E-state index in [0.29, 0.717) is 29.7 Å². The lowest BCUT2D eigenvalue weighted by atomic mass is 9.93. The molecule has 0 aromatic heterocycles. The topological polar surface area (TPSA) is 113 Å². The average molecular weight is 411 g/mol. The van der Waals surface area contributed by atoms with Crippen LogP contribution in [0.2, 0.25) is 0 Å². The molecule has 2 rings (SSSR count). The van der Waals surface area contributed by atoms with E-state index in [1.807, 2.05) is 6.92 Å². The van der Waals surface area contributed by atoms with E-state index >= 15 is 0 Å². The number of nitrogens with one attached hydrogen (secondary N) is 1. The predicted molar refractivity (Wildman–Crippen MR) is 113 cm³/mol. The second-order valence-corrected chi connectivity index (χ2v) is 6.97. The number of hydrogen-bond acceptors (Lipinski definition) is 5. The van der Waals surface area contributed by atoms with E-state index in [2.05, 4.69) is 5.32 Å². The molecule has 0 saturated heterocycles. The minimum Gasteiger partial charge on any atom is -0.508 e. The van der Waals surface area contributed by atoms with Crippen molar-refractivity contribution in [2.75, 3.05) is 5.32 Å². The van der Waals surface area contributed by atoms with Gasteiger partial charge in [0, 0.05) is 17.3 Å². The lowest BCUT2D eigenvalue weighted by Gasteiger charge is -2.24. The summed E-state index contributed by atoms with van der Waals surface area (Å²) < 4.78 is 5.66. The first-order valence-corrected chi connectivity index (χ1v) is 9.53. The van der Waals surface area contributed by atoms with Crippen molar-refractivity contribution in [3.05, 3.63) is 71.8 Å². The summed E-state index contributed by atoms with van der Waals surface area (Å²) in [6.07, 6.45) is 2.50. The fraction of sp³-hybridized carbons (Fsp3) is 0.261. The van der Waals surface area contributed by atoms with Crippen LogP contribution >= 0.6 is 0 Å². The number of carbonyl (C=O) groups excluding carboxylic acids is 2. The molecule has 0 bridgehead atoms. The number of carboxylic acids is 1. The number of aromatic hydroxyl groups is 1. The van der Waals surface area contributed by atoms with Crippen LogP contribution in [-0.2, 0) is 9.53 Å². The molecule has 0 spiro atoms. The molecule has 3 N–H and O–H groups in total. The summed E-state index contributed by atoms with van der Waals surface area (Å²) in [4.78, 5) is 34.4. The average Bonchev–Trinajstić information content (AvgIpc) is 2.70. The van der Waals surface area contributed by atoms with Crippen LogP contribution in [0, 0.1) is 5.92 Å². The van der Waals surface area contributed by atoms with Crippen LogP contribution in [0.3, 0.4) is 0 Å². The maximum Gasteiger partial charge on any atom is 0.412 e. The van der Waals surface area contributed by atoms with E-state index in [-0.39, 0.29) is 17.5 Å². The van der Waals surface area contributed by atoms with Crippen molar-refractivity contribution >= 4 is 23.5 Å². The van der Waals surface area contributed by atoms with E-state index in [1.54, 1.807) is 42.5 Å². The number of aliphatic carboxylic acids is 1. The van der Waals surface area contributed by atoms with Crippen LogP contribution in [0.25, 0.3) is 0 Å². The Morgan fingerprint density at radius 1 is 1.07 bits per heavy atom. The molecule has 0 heterocycles. The third-order valence-corrected chi connectivity index (χ3v) is 4.56. The largest absolute Gasteiger partial charge is 0.508 e. The zero-order valence-corrected chi connectivity index (χ0v) is 16.9. The van der Waals surface area contributed by atoms with Gasteiger partial charge in [0.25, 0.3) is 0 Å². The highest BCUT2D eigenvalue weighted by Gasteiger charge is 2.23. The van der Waals surface area contributed by atoms with Crippen molar-refractivity contribution in [1.82, 2.24) is 0 Å². The van der Waals surface area contributed by atoms with E-state index in [4.69, 9.17) is 9.84 Å². The molecule has 1 amide bonds. The first-order chi connectivity index (χ1) is 14.3. The molecule has 7 heteroatoms. The highest BCUT2D eigenvalue weighted by atomic mass is 16.6. The SMILES string of the molecule is CC(=O)c1ccc(NC(=O)O[C@H](c2ccc(O)cc2)[C@H](C)CC/C=C/C(=O)O)cc1. The summed E-state index contributed by atoms with van der Waals surface area (Å²) in [5.74, 6) is -1.09. The maximum atomic E-state index is 12.5. The van der Waals surface area contributed by atoms with Crippen molar-refractivity contribution in [3.63, 3.8) is 0 Å². The van der Waals surface area contributed by atoms with E-state index in [9.17, 15) is 19.5 Å². The molecule has 7 nitrogen and oxygen atoms in total. The second kappa shape index (κ2) is 10.8. The van der Waals surface area contributed by atoms with Crippen LogP contribution in [-0.4, -0.2) is 28.1 Å². The molecule has 0 aliphatic heterocycles.